The van der Waals surface area contributed by atoms with E-state index in [1.165, 1.54) is 5.56 Å². The van der Waals surface area contributed by atoms with Gasteiger partial charge in [0.05, 0.1) is 0 Å². The lowest BCUT2D eigenvalue weighted by molar-refractivity contribution is 0.645. The smallest absolute Gasteiger partial charge is 0.142 e. The average molecular weight is 185 g/mol. The van der Waals surface area contributed by atoms with Crippen LogP contribution < -0.4 is 21.9 Å². The minimum absolute atomic E-state index is 0.0376. The van der Waals surface area contributed by atoms with Gasteiger partial charge in [-0.3, -0.25) is 0 Å². The van der Waals surface area contributed by atoms with E-state index in [-0.39, 0.29) is 5.82 Å². The van der Waals surface area contributed by atoms with Gasteiger partial charge in [0.25, 0.3) is 0 Å². The lowest BCUT2D eigenvalue weighted by Crippen LogP contribution is -2.47. The van der Waals surface area contributed by atoms with E-state index in [0.29, 0.717) is 5.92 Å². The molecule has 1 aromatic rings. The van der Waals surface area contributed by atoms with Gasteiger partial charge in [0.1, 0.15) is 37.2 Å². The molecule has 0 saturated heterocycles. The fourth-order valence-corrected chi connectivity index (χ4v) is 2.16. The van der Waals surface area contributed by atoms with Crippen molar-refractivity contribution in [2.24, 2.45) is 0 Å². The fourth-order valence-electron chi connectivity index (χ4n) is 2.16. The maximum atomic E-state index is 13.7. The van der Waals surface area contributed by atoms with Crippen molar-refractivity contribution >= 4 is 53.2 Å². The van der Waals surface area contributed by atoms with Crippen molar-refractivity contribution in [3.05, 3.63) is 11.4 Å². The molecule has 0 fully saturated rings. The summed E-state index contributed by atoms with van der Waals surface area (Å²) in [5, 5.41) is 0. The summed E-state index contributed by atoms with van der Waals surface area (Å²) < 4.78 is 13.7. The number of hydrogen-bond donors (Lipinski definition) is 0. The Balaban J connectivity index is 3.60. The third-order valence-corrected chi connectivity index (χ3v) is 3.17. The molecule has 0 radical (unpaired) electrons. The maximum Gasteiger partial charge on any atom is 0.142 e. The van der Waals surface area contributed by atoms with E-state index in [4.69, 9.17) is 0 Å². The van der Waals surface area contributed by atoms with Gasteiger partial charge < -0.3 is 0 Å². The Kier molecular flexibility index (Phi) is 3.18. The summed E-state index contributed by atoms with van der Waals surface area (Å²) >= 11 is 0. The van der Waals surface area contributed by atoms with Gasteiger partial charge in [-0.1, -0.05) is 41.3 Å². The standard InChI is InChI=1S/C9H15B4F/c1-3(2)4-5(10)7(12)9(14)8(13)6(4)11/h3H,10-13H2,1-2H3. The van der Waals surface area contributed by atoms with Crippen LogP contribution in [0.1, 0.15) is 25.3 Å². The summed E-state index contributed by atoms with van der Waals surface area (Å²) in [5.74, 6) is 0.428. The van der Waals surface area contributed by atoms with Crippen LogP contribution in [0.3, 0.4) is 0 Å². The van der Waals surface area contributed by atoms with E-state index in [2.05, 4.69) is 13.8 Å². The molecule has 0 spiro atoms. The molecule has 0 aliphatic carbocycles. The van der Waals surface area contributed by atoms with Crippen molar-refractivity contribution in [1.29, 1.82) is 0 Å². The molecular formula is C9H15B4F. The van der Waals surface area contributed by atoms with E-state index in [0.717, 1.165) is 21.9 Å². The third-order valence-electron chi connectivity index (χ3n) is 3.17. The molecule has 0 aromatic heterocycles. The predicted molar refractivity (Wildman–Crippen MR) is 73.2 cm³/mol. The second-order valence-corrected chi connectivity index (χ2v) is 4.38. The first-order valence-electron chi connectivity index (χ1n) is 5.13. The van der Waals surface area contributed by atoms with Crippen LogP contribution in [0, 0.1) is 5.82 Å². The van der Waals surface area contributed by atoms with Gasteiger partial charge in [0, 0.05) is 0 Å². The van der Waals surface area contributed by atoms with Gasteiger partial charge in [0.2, 0.25) is 0 Å². The first-order valence-corrected chi connectivity index (χ1v) is 5.13. The molecule has 0 N–H and O–H groups in total. The Morgan fingerprint density at radius 2 is 1.21 bits per heavy atom. The van der Waals surface area contributed by atoms with Crippen LogP contribution in [0.25, 0.3) is 0 Å². The Morgan fingerprint density at radius 3 is 1.50 bits per heavy atom. The van der Waals surface area contributed by atoms with Gasteiger partial charge in [0.15, 0.2) is 0 Å². The van der Waals surface area contributed by atoms with Crippen LogP contribution in [0.15, 0.2) is 0 Å². The molecular weight excluding hydrogens is 170 g/mol. The molecule has 1 aromatic carbocycles. The summed E-state index contributed by atoms with van der Waals surface area (Å²) in [6, 6.07) is 0. The zero-order chi connectivity index (χ0) is 11.0. The SMILES string of the molecule is Bc1c(B)c(C(C)C)c(B)c(B)c1F. The zero-order valence-corrected chi connectivity index (χ0v) is 9.96. The van der Waals surface area contributed by atoms with Crippen molar-refractivity contribution in [3.63, 3.8) is 0 Å². The highest BCUT2D eigenvalue weighted by Gasteiger charge is 2.15. The van der Waals surface area contributed by atoms with Crippen LogP contribution in [0.4, 0.5) is 4.39 Å². The molecule has 0 aliphatic heterocycles. The van der Waals surface area contributed by atoms with Gasteiger partial charge in [-0.15, -0.1) is 0 Å². The summed E-state index contributed by atoms with van der Waals surface area (Å²) in [4.78, 5) is 0. The summed E-state index contributed by atoms with van der Waals surface area (Å²) in [5.41, 5.74) is 5.14. The highest BCUT2D eigenvalue weighted by atomic mass is 19.1. The van der Waals surface area contributed by atoms with Crippen molar-refractivity contribution in [3.8, 4) is 0 Å². The fraction of sp³-hybridized carbons (Fsp3) is 0.333. The summed E-state index contributed by atoms with van der Waals surface area (Å²) in [6.07, 6.45) is 0. The second-order valence-electron chi connectivity index (χ2n) is 4.38. The molecule has 0 bridgehead atoms. The second kappa shape index (κ2) is 3.88. The van der Waals surface area contributed by atoms with Gasteiger partial charge in [-0.05, 0) is 5.92 Å². The lowest BCUT2D eigenvalue weighted by atomic mass is 9.65. The molecule has 0 atom stereocenters. The molecule has 0 heterocycles. The molecule has 0 nitrogen and oxygen atoms in total. The predicted octanol–water partition coefficient (Wildman–Crippen LogP) is -4.02. The van der Waals surface area contributed by atoms with Crippen molar-refractivity contribution in [1.82, 2.24) is 0 Å². The summed E-state index contributed by atoms with van der Waals surface area (Å²) in [7, 11) is 7.76. The molecule has 5 heteroatoms. The molecule has 0 amide bonds. The van der Waals surface area contributed by atoms with Crippen molar-refractivity contribution in [2.45, 2.75) is 19.8 Å². The number of hydrogen-bond acceptors (Lipinski definition) is 0. The van der Waals surface area contributed by atoms with Gasteiger partial charge in [-0.2, -0.15) is 0 Å². The van der Waals surface area contributed by atoms with Crippen LogP contribution in [0.2, 0.25) is 0 Å². The molecule has 14 heavy (non-hydrogen) atoms. The van der Waals surface area contributed by atoms with E-state index in [1.54, 1.807) is 0 Å². The normalized spacial score (nSPS) is 10.9. The van der Waals surface area contributed by atoms with Crippen LogP contribution in [-0.4, -0.2) is 31.4 Å². The third kappa shape index (κ3) is 1.65. The van der Waals surface area contributed by atoms with Gasteiger partial charge >= 0.3 is 0 Å². The largest absolute Gasteiger partial charge is 0.208 e. The van der Waals surface area contributed by atoms with Crippen molar-refractivity contribution < 1.29 is 4.39 Å². The Hall–Kier alpha value is -0.590. The average Bonchev–Trinajstić information content (AvgIpc) is 2.11. The minimum atomic E-state index is -0.0376. The quantitative estimate of drug-likeness (QED) is 0.391. The first kappa shape index (κ1) is 11.5. The van der Waals surface area contributed by atoms with E-state index >= 15 is 0 Å². The minimum Gasteiger partial charge on any atom is -0.208 e. The van der Waals surface area contributed by atoms with Crippen LogP contribution >= 0.6 is 0 Å². The Labute approximate surface area is 89.3 Å². The monoisotopic (exact) mass is 186 g/mol. The van der Waals surface area contributed by atoms with E-state index < -0.39 is 0 Å². The Bertz CT molecular complexity index is 345. The molecule has 0 aliphatic rings. The molecule has 0 saturated carbocycles. The number of benzene rings is 1. The highest BCUT2D eigenvalue weighted by molar-refractivity contribution is 6.56. The van der Waals surface area contributed by atoms with Crippen LogP contribution in [-0.2, 0) is 0 Å². The van der Waals surface area contributed by atoms with E-state index in [9.17, 15) is 4.39 Å². The van der Waals surface area contributed by atoms with Gasteiger partial charge in [-0.25, -0.2) is 4.39 Å². The lowest BCUT2D eigenvalue weighted by Gasteiger charge is -2.20. The van der Waals surface area contributed by atoms with Crippen molar-refractivity contribution in [2.75, 3.05) is 0 Å². The number of halogens is 1. The zero-order valence-electron chi connectivity index (χ0n) is 9.96. The molecule has 1 rings (SSSR count). The summed E-state index contributed by atoms with van der Waals surface area (Å²) in [6.45, 7) is 4.32. The number of rotatable bonds is 1. The van der Waals surface area contributed by atoms with E-state index in [1.807, 2.05) is 31.4 Å². The first-order chi connectivity index (χ1) is 6.37. The topological polar surface area (TPSA) is 0 Å². The molecule has 70 valence electrons. The molecule has 0 unspecified atom stereocenters. The Morgan fingerprint density at radius 1 is 0.857 bits per heavy atom. The maximum absolute atomic E-state index is 13.7. The van der Waals surface area contributed by atoms with Crippen LogP contribution in [0.5, 0.6) is 0 Å². The highest BCUT2D eigenvalue weighted by Crippen LogP contribution is 2.06.